The number of carbonyl (C=O) groups is 2. The van der Waals surface area contributed by atoms with E-state index in [-0.39, 0.29) is 16.4 Å². The number of carbonyl (C=O) groups excluding carboxylic acids is 2. The predicted molar refractivity (Wildman–Crippen MR) is 101 cm³/mol. The Morgan fingerprint density at radius 2 is 1.68 bits per heavy atom. The van der Waals surface area contributed by atoms with Crippen LogP contribution in [0.25, 0.3) is 0 Å². The predicted octanol–water partition coefficient (Wildman–Crippen LogP) is 3.37. The van der Waals surface area contributed by atoms with Gasteiger partial charge in [-0.25, -0.2) is 8.42 Å². The van der Waals surface area contributed by atoms with E-state index in [0.717, 1.165) is 10.7 Å². The summed E-state index contributed by atoms with van der Waals surface area (Å²) in [6.45, 7) is 3.09. The van der Waals surface area contributed by atoms with Crippen LogP contribution in [-0.4, -0.2) is 26.5 Å². The highest BCUT2D eigenvalue weighted by Crippen LogP contribution is 2.27. The number of hydrogen-bond donors (Lipinski definition) is 2. The van der Waals surface area contributed by atoms with Gasteiger partial charge in [0.15, 0.2) is 9.84 Å². The number of halogens is 1. The maximum atomic E-state index is 12.6. The van der Waals surface area contributed by atoms with E-state index in [2.05, 4.69) is 26.6 Å². The molecule has 0 atom stereocenters. The average molecular weight is 425 g/mol. The first-order valence-electron chi connectivity index (χ1n) is 7.27. The molecule has 0 fully saturated rings. The Morgan fingerprint density at radius 1 is 1.00 bits per heavy atom. The molecule has 25 heavy (non-hydrogen) atoms. The van der Waals surface area contributed by atoms with Gasteiger partial charge in [0.05, 0.1) is 16.3 Å². The number of nitrogens with one attached hydrogen (secondary N) is 2. The highest BCUT2D eigenvalue weighted by molar-refractivity contribution is 9.10. The van der Waals surface area contributed by atoms with Gasteiger partial charge < -0.3 is 10.6 Å². The molecule has 2 amide bonds. The van der Waals surface area contributed by atoms with Crippen LogP contribution in [0.3, 0.4) is 0 Å². The molecule has 6 nitrogen and oxygen atoms in total. The van der Waals surface area contributed by atoms with Crippen LogP contribution in [0.1, 0.15) is 22.8 Å². The summed E-state index contributed by atoms with van der Waals surface area (Å²) in [5, 5.41) is 5.35. The quantitative estimate of drug-likeness (QED) is 0.786. The van der Waals surface area contributed by atoms with Gasteiger partial charge in [-0.15, -0.1) is 0 Å². The van der Waals surface area contributed by atoms with Crippen LogP contribution in [-0.2, 0) is 14.6 Å². The standard InChI is InChI=1S/C17H17BrN2O4S/c1-10-4-6-13(25(3,23)24)9-14(10)17(22)20-16-8-12(18)5-7-15(16)19-11(2)21/h4-9H,1-3H3,(H,19,21)(H,20,22). The highest BCUT2D eigenvalue weighted by atomic mass is 79.9. The first-order chi connectivity index (χ1) is 11.6. The molecule has 0 unspecified atom stereocenters. The van der Waals surface area contributed by atoms with Crippen molar-refractivity contribution in [3.63, 3.8) is 0 Å². The lowest BCUT2D eigenvalue weighted by Crippen LogP contribution is -2.16. The number of anilines is 2. The first-order valence-corrected chi connectivity index (χ1v) is 9.95. The molecule has 8 heteroatoms. The molecule has 0 saturated carbocycles. The summed E-state index contributed by atoms with van der Waals surface area (Å²) in [6, 6.07) is 9.43. The molecule has 2 rings (SSSR count). The number of aryl methyl sites for hydroxylation is 1. The fourth-order valence-corrected chi connectivity index (χ4v) is 3.19. The van der Waals surface area contributed by atoms with Gasteiger partial charge in [0.25, 0.3) is 5.91 Å². The van der Waals surface area contributed by atoms with Crippen molar-refractivity contribution in [3.05, 3.63) is 52.0 Å². The molecule has 0 bridgehead atoms. The van der Waals surface area contributed by atoms with Crippen molar-refractivity contribution < 1.29 is 18.0 Å². The van der Waals surface area contributed by atoms with Crippen LogP contribution < -0.4 is 10.6 Å². The summed E-state index contributed by atoms with van der Waals surface area (Å²) in [5.41, 5.74) is 1.73. The van der Waals surface area contributed by atoms with Crippen molar-refractivity contribution >= 4 is 49.0 Å². The first kappa shape index (κ1) is 19.1. The molecule has 2 aromatic carbocycles. The van der Waals surface area contributed by atoms with E-state index < -0.39 is 15.7 Å². The molecule has 2 N–H and O–H groups in total. The lowest BCUT2D eigenvalue weighted by molar-refractivity contribution is -0.114. The maximum Gasteiger partial charge on any atom is 0.256 e. The molecule has 0 aliphatic rings. The van der Waals surface area contributed by atoms with E-state index in [1.807, 2.05) is 0 Å². The molecule has 0 aromatic heterocycles. The number of hydrogen-bond acceptors (Lipinski definition) is 4. The van der Waals surface area contributed by atoms with Crippen LogP contribution in [0.4, 0.5) is 11.4 Å². The summed E-state index contributed by atoms with van der Waals surface area (Å²) < 4.78 is 24.1. The molecule has 0 aliphatic heterocycles. The second-order valence-corrected chi connectivity index (χ2v) is 8.51. The van der Waals surface area contributed by atoms with E-state index in [0.29, 0.717) is 16.9 Å². The van der Waals surface area contributed by atoms with Gasteiger partial charge in [0.2, 0.25) is 5.91 Å². The molecule has 0 spiro atoms. The summed E-state index contributed by atoms with van der Waals surface area (Å²) in [7, 11) is -3.42. The molecule has 0 saturated heterocycles. The Labute approximate surface area is 154 Å². The van der Waals surface area contributed by atoms with Gasteiger partial charge >= 0.3 is 0 Å². The van der Waals surface area contributed by atoms with Gasteiger partial charge in [-0.1, -0.05) is 22.0 Å². The molecule has 132 valence electrons. The van der Waals surface area contributed by atoms with E-state index in [1.165, 1.54) is 19.1 Å². The van der Waals surface area contributed by atoms with Gasteiger partial charge in [-0.05, 0) is 42.8 Å². The molecule has 2 aromatic rings. The van der Waals surface area contributed by atoms with E-state index in [9.17, 15) is 18.0 Å². The van der Waals surface area contributed by atoms with Crippen molar-refractivity contribution in [2.75, 3.05) is 16.9 Å². The molecule has 0 aliphatic carbocycles. The van der Waals surface area contributed by atoms with Crippen molar-refractivity contribution in [1.29, 1.82) is 0 Å². The summed E-state index contributed by atoms with van der Waals surface area (Å²) in [6.07, 6.45) is 1.09. The Kier molecular flexibility index (Phi) is 5.64. The van der Waals surface area contributed by atoms with Crippen LogP contribution in [0.15, 0.2) is 45.8 Å². The zero-order chi connectivity index (χ0) is 18.8. The lowest BCUT2D eigenvalue weighted by Gasteiger charge is -2.13. The topological polar surface area (TPSA) is 92.3 Å². The molecule has 0 heterocycles. The summed E-state index contributed by atoms with van der Waals surface area (Å²) in [4.78, 5) is 24.0. The van der Waals surface area contributed by atoms with Crippen molar-refractivity contribution in [1.82, 2.24) is 0 Å². The van der Waals surface area contributed by atoms with Crippen LogP contribution in [0.5, 0.6) is 0 Å². The molecular weight excluding hydrogens is 408 g/mol. The smallest absolute Gasteiger partial charge is 0.256 e. The van der Waals surface area contributed by atoms with Crippen molar-refractivity contribution in [2.24, 2.45) is 0 Å². The fraction of sp³-hybridized carbons (Fsp3) is 0.176. The third-order valence-corrected chi connectivity index (χ3v) is 5.03. The van der Waals surface area contributed by atoms with E-state index >= 15 is 0 Å². The third-order valence-electron chi connectivity index (χ3n) is 3.42. The Bertz CT molecular complexity index is 955. The van der Waals surface area contributed by atoms with E-state index in [4.69, 9.17) is 0 Å². The number of benzene rings is 2. The van der Waals surface area contributed by atoms with Crippen LogP contribution in [0, 0.1) is 6.92 Å². The Morgan fingerprint density at radius 3 is 2.28 bits per heavy atom. The zero-order valence-corrected chi connectivity index (χ0v) is 16.3. The second kappa shape index (κ2) is 7.37. The summed E-state index contributed by atoms with van der Waals surface area (Å²) in [5.74, 6) is -0.735. The minimum absolute atomic E-state index is 0.0691. The number of rotatable bonds is 4. The molecule has 0 radical (unpaired) electrons. The van der Waals surface area contributed by atoms with Gasteiger partial charge in [0.1, 0.15) is 0 Å². The monoisotopic (exact) mass is 424 g/mol. The van der Waals surface area contributed by atoms with Crippen molar-refractivity contribution in [3.8, 4) is 0 Å². The van der Waals surface area contributed by atoms with Gasteiger partial charge in [-0.2, -0.15) is 0 Å². The van der Waals surface area contributed by atoms with Gasteiger partial charge in [-0.3, -0.25) is 9.59 Å². The normalized spacial score (nSPS) is 11.0. The second-order valence-electron chi connectivity index (χ2n) is 5.57. The summed E-state index contributed by atoms with van der Waals surface area (Å²) >= 11 is 3.32. The highest BCUT2D eigenvalue weighted by Gasteiger charge is 2.16. The minimum Gasteiger partial charge on any atom is -0.325 e. The minimum atomic E-state index is -3.42. The molecular formula is C17H17BrN2O4S. The Balaban J connectivity index is 2.41. The van der Waals surface area contributed by atoms with E-state index in [1.54, 1.807) is 31.2 Å². The Hall–Kier alpha value is -2.19. The van der Waals surface area contributed by atoms with Crippen molar-refractivity contribution in [2.45, 2.75) is 18.7 Å². The fourth-order valence-electron chi connectivity index (χ4n) is 2.18. The zero-order valence-electron chi connectivity index (χ0n) is 13.9. The lowest BCUT2D eigenvalue weighted by atomic mass is 10.1. The largest absolute Gasteiger partial charge is 0.325 e. The SMILES string of the molecule is CC(=O)Nc1ccc(Br)cc1NC(=O)c1cc(S(C)(=O)=O)ccc1C. The number of amides is 2. The third kappa shape index (κ3) is 4.90. The number of sulfone groups is 1. The maximum absolute atomic E-state index is 12.6. The van der Waals surface area contributed by atoms with Gasteiger partial charge in [0, 0.05) is 23.2 Å². The average Bonchev–Trinajstić information content (AvgIpc) is 2.48. The van der Waals surface area contributed by atoms with Crippen LogP contribution in [0.2, 0.25) is 0 Å². The van der Waals surface area contributed by atoms with Crippen LogP contribution >= 0.6 is 15.9 Å².